The predicted molar refractivity (Wildman–Crippen MR) is 65.6 cm³/mol. The van der Waals surface area contributed by atoms with Crippen LogP contribution in [0.15, 0.2) is 39.9 Å². The minimum absolute atomic E-state index is 0.0951. The lowest BCUT2D eigenvalue weighted by Gasteiger charge is -2.07. The minimum atomic E-state index is -3.92. The summed E-state index contributed by atoms with van der Waals surface area (Å²) in [7, 11) is -3.92. The minimum Gasteiger partial charge on any atom is -0.507 e. The van der Waals surface area contributed by atoms with Crippen LogP contribution >= 0.6 is 0 Å². The molecule has 0 spiro atoms. The number of carboxylic acids is 1. The summed E-state index contributed by atoms with van der Waals surface area (Å²) in [5, 5.41) is 21.7. The molecule has 0 fully saturated rings. The number of rotatable bonds is 5. The zero-order valence-corrected chi connectivity index (χ0v) is 10.8. The van der Waals surface area contributed by atoms with Crippen molar-refractivity contribution >= 4 is 16.0 Å². The third-order valence-corrected chi connectivity index (χ3v) is 3.84. The molecule has 8 nitrogen and oxygen atoms in total. The number of carboxylic acid groups (broad SMARTS) is 1. The fourth-order valence-corrected chi connectivity index (χ4v) is 2.46. The van der Waals surface area contributed by atoms with Crippen molar-refractivity contribution in [3.8, 4) is 5.75 Å². The van der Waals surface area contributed by atoms with Crippen molar-refractivity contribution in [3.63, 3.8) is 0 Å². The molecule has 0 saturated heterocycles. The first-order chi connectivity index (χ1) is 9.40. The van der Waals surface area contributed by atoms with E-state index in [9.17, 15) is 18.3 Å². The molecule has 9 heteroatoms. The Labute approximate surface area is 113 Å². The van der Waals surface area contributed by atoms with Crippen LogP contribution in [0.5, 0.6) is 5.75 Å². The van der Waals surface area contributed by atoms with Crippen molar-refractivity contribution < 1.29 is 27.9 Å². The maximum absolute atomic E-state index is 12.0. The van der Waals surface area contributed by atoms with Crippen LogP contribution in [0.3, 0.4) is 0 Å². The molecule has 106 valence electrons. The lowest BCUT2D eigenvalue weighted by Crippen LogP contribution is -2.23. The van der Waals surface area contributed by atoms with Gasteiger partial charge in [0.2, 0.25) is 10.0 Å². The van der Waals surface area contributed by atoms with Crippen LogP contribution < -0.4 is 4.72 Å². The van der Waals surface area contributed by atoms with Gasteiger partial charge in [0.25, 0.3) is 0 Å². The summed E-state index contributed by atoms with van der Waals surface area (Å²) in [5.41, 5.74) is -0.111. The van der Waals surface area contributed by atoms with Crippen molar-refractivity contribution in [3.05, 3.63) is 41.8 Å². The molecule has 0 aliphatic rings. The van der Waals surface area contributed by atoms with E-state index >= 15 is 0 Å². The second-order valence-corrected chi connectivity index (χ2v) is 5.57. The Kier molecular flexibility index (Phi) is 3.72. The van der Waals surface area contributed by atoms with Crippen LogP contribution in [0.25, 0.3) is 0 Å². The molecule has 0 aliphatic heterocycles. The van der Waals surface area contributed by atoms with Crippen LogP contribution in [0.4, 0.5) is 0 Å². The smallest absolute Gasteiger partial charge is 0.339 e. The van der Waals surface area contributed by atoms with Crippen molar-refractivity contribution in [1.82, 2.24) is 9.88 Å². The number of aromatic hydroxyl groups is 1. The summed E-state index contributed by atoms with van der Waals surface area (Å²) in [6.07, 6.45) is 1.30. The summed E-state index contributed by atoms with van der Waals surface area (Å²) in [6, 6.07) is 4.48. The van der Waals surface area contributed by atoms with Crippen LogP contribution in [-0.4, -0.2) is 29.8 Å². The number of benzene rings is 1. The Morgan fingerprint density at radius 2 is 2.10 bits per heavy atom. The molecule has 2 aromatic rings. The third kappa shape index (κ3) is 2.95. The predicted octanol–water partition coefficient (Wildman–Crippen LogP) is 0.557. The SMILES string of the molecule is O=C(O)c1cc(S(=O)(=O)NCc2ccon2)ccc1O. The van der Waals surface area contributed by atoms with E-state index in [1.165, 1.54) is 12.3 Å². The lowest BCUT2D eigenvalue weighted by molar-refractivity contribution is 0.0693. The van der Waals surface area contributed by atoms with E-state index in [4.69, 9.17) is 5.11 Å². The summed E-state index contributed by atoms with van der Waals surface area (Å²) in [5.74, 6) is -1.93. The molecule has 0 bridgehead atoms. The van der Waals surface area contributed by atoms with Gasteiger partial charge >= 0.3 is 5.97 Å². The largest absolute Gasteiger partial charge is 0.507 e. The van der Waals surface area contributed by atoms with Crippen molar-refractivity contribution in [2.75, 3.05) is 0 Å². The van der Waals surface area contributed by atoms with E-state index in [0.717, 1.165) is 18.2 Å². The van der Waals surface area contributed by atoms with Gasteiger partial charge < -0.3 is 14.7 Å². The number of carbonyl (C=O) groups is 1. The van der Waals surface area contributed by atoms with E-state index in [1.807, 2.05) is 0 Å². The number of phenols is 1. The van der Waals surface area contributed by atoms with E-state index in [0.29, 0.717) is 5.69 Å². The van der Waals surface area contributed by atoms with E-state index < -0.39 is 27.3 Å². The van der Waals surface area contributed by atoms with Crippen molar-refractivity contribution in [1.29, 1.82) is 0 Å². The van der Waals surface area contributed by atoms with Gasteiger partial charge in [-0.05, 0) is 18.2 Å². The highest BCUT2D eigenvalue weighted by Gasteiger charge is 2.18. The Balaban J connectivity index is 2.25. The maximum Gasteiger partial charge on any atom is 0.339 e. The van der Waals surface area contributed by atoms with Gasteiger partial charge in [0.1, 0.15) is 17.6 Å². The van der Waals surface area contributed by atoms with Crippen molar-refractivity contribution in [2.24, 2.45) is 0 Å². The maximum atomic E-state index is 12.0. The van der Waals surface area contributed by atoms with Gasteiger partial charge in [-0.15, -0.1) is 0 Å². The van der Waals surface area contributed by atoms with Crippen LogP contribution in [0.1, 0.15) is 16.1 Å². The Morgan fingerprint density at radius 1 is 1.35 bits per heavy atom. The highest BCUT2D eigenvalue weighted by molar-refractivity contribution is 7.89. The Bertz CT molecular complexity index is 723. The highest BCUT2D eigenvalue weighted by Crippen LogP contribution is 2.21. The second kappa shape index (κ2) is 5.31. The average Bonchev–Trinajstić information content (AvgIpc) is 2.89. The van der Waals surface area contributed by atoms with Gasteiger partial charge in [-0.2, -0.15) is 0 Å². The molecule has 0 atom stereocenters. The summed E-state index contributed by atoms with van der Waals surface area (Å²) >= 11 is 0. The number of nitrogens with one attached hydrogen (secondary N) is 1. The van der Waals surface area contributed by atoms with E-state index in [2.05, 4.69) is 14.4 Å². The highest BCUT2D eigenvalue weighted by atomic mass is 32.2. The molecule has 0 radical (unpaired) electrons. The summed E-state index contributed by atoms with van der Waals surface area (Å²) in [6.45, 7) is -0.0951. The average molecular weight is 298 g/mol. The number of sulfonamides is 1. The molecule has 2 rings (SSSR count). The standard InChI is InChI=1S/C11H10N2O6S/c14-10-2-1-8(5-9(10)11(15)16)20(17,18)12-6-7-3-4-19-13-7/h1-5,12,14H,6H2,(H,15,16). The summed E-state index contributed by atoms with van der Waals surface area (Å²) in [4.78, 5) is 10.6. The molecule has 3 N–H and O–H groups in total. The first-order valence-corrected chi connectivity index (χ1v) is 6.84. The molecule has 0 saturated carbocycles. The molecular formula is C11H10N2O6S. The first-order valence-electron chi connectivity index (χ1n) is 5.35. The number of hydrogen-bond acceptors (Lipinski definition) is 6. The Morgan fingerprint density at radius 3 is 2.70 bits per heavy atom. The van der Waals surface area contributed by atoms with Crippen molar-refractivity contribution in [2.45, 2.75) is 11.4 Å². The van der Waals surface area contributed by atoms with Gasteiger partial charge in [0.15, 0.2) is 0 Å². The van der Waals surface area contributed by atoms with Crippen LogP contribution in [-0.2, 0) is 16.6 Å². The number of aromatic carboxylic acids is 1. The number of nitrogens with zero attached hydrogens (tertiary/aromatic N) is 1. The molecule has 0 amide bonds. The molecule has 0 unspecified atom stereocenters. The summed E-state index contributed by atoms with van der Waals surface area (Å²) < 4.78 is 30.7. The normalized spacial score (nSPS) is 11.4. The molecule has 0 aliphatic carbocycles. The first kappa shape index (κ1) is 14.0. The van der Waals surface area contributed by atoms with Crippen LogP contribution in [0.2, 0.25) is 0 Å². The fraction of sp³-hybridized carbons (Fsp3) is 0.0909. The van der Waals surface area contributed by atoms with Gasteiger partial charge in [-0.25, -0.2) is 17.9 Å². The molecular weight excluding hydrogens is 288 g/mol. The van der Waals surface area contributed by atoms with E-state index in [-0.39, 0.29) is 11.4 Å². The number of aromatic nitrogens is 1. The quantitative estimate of drug-likeness (QED) is 0.735. The zero-order valence-electron chi connectivity index (χ0n) is 9.98. The lowest BCUT2D eigenvalue weighted by atomic mass is 10.2. The van der Waals surface area contributed by atoms with Gasteiger partial charge in [-0.1, -0.05) is 5.16 Å². The third-order valence-electron chi connectivity index (χ3n) is 2.44. The monoisotopic (exact) mass is 298 g/mol. The molecule has 1 aromatic heterocycles. The van der Waals surface area contributed by atoms with Gasteiger partial charge in [0.05, 0.1) is 17.1 Å². The fourth-order valence-electron chi connectivity index (χ4n) is 1.43. The Hall–Kier alpha value is -2.39. The molecule has 1 heterocycles. The van der Waals surface area contributed by atoms with Gasteiger partial charge in [-0.3, -0.25) is 0 Å². The topological polar surface area (TPSA) is 130 Å². The van der Waals surface area contributed by atoms with Crippen LogP contribution in [0, 0.1) is 0 Å². The van der Waals surface area contributed by atoms with Gasteiger partial charge in [0, 0.05) is 6.07 Å². The molecule has 20 heavy (non-hydrogen) atoms. The molecule has 1 aromatic carbocycles. The van der Waals surface area contributed by atoms with E-state index in [1.54, 1.807) is 0 Å². The zero-order chi connectivity index (χ0) is 14.8. The number of hydrogen-bond donors (Lipinski definition) is 3. The second-order valence-electron chi connectivity index (χ2n) is 3.80.